The van der Waals surface area contributed by atoms with E-state index in [9.17, 15) is 0 Å². The van der Waals surface area contributed by atoms with Crippen molar-refractivity contribution in [2.45, 2.75) is 0 Å². The van der Waals surface area contributed by atoms with Crippen LogP contribution in [-0.2, 0) is 0 Å². The molecule has 0 aromatic carbocycles. The molecule has 1 N–H and O–H groups in total. The van der Waals surface area contributed by atoms with Crippen molar-refractivity contribution in [3.63, 3.8) is 0 Å². The number of imidazole rings is 1. The fourth-order valence-corrected chi connectivity index (χ4v) is 1.45. The van der Waals surface area contributed by atoms with E-state index < -0.39 is 0 Å². The molecule has 0 unspecified atom stereocenters. The average molecular weight is 184 g/mol. The highest BCUT2D eigenvalue weighted by Gasteiger charge is 2.03. The molecule has 4 nitrogen and oxygen atoms in total. The topological polar surface area (TPSA) is 46.0 Å². The minimum atomic E-state index is 0.720. The third kappa shape index (κ3) is 1.01. The minimum absolute atomic E-state index is 0.720. The van der Waals surface area contributed by atoms with Crippen LogP contribution in [0.3, 0.4) is 0 Å². The van der Waals surface area contributed by atoms with Gasteiger partial charge in [-0.3, -0.25) is 4.40 Å². The summed E-state index contributed by atoms with van der Waals surface area (Å²) in [6.07, 6.45) is 7.50. The normalized spacial score (nSPS) is 10.9. The predicted molar refractivity (Wildman–Crippen MR) is 52.8 cm³/mol. The second kappa shape index (κ2) is 2.70. The lowest BCUT2D eigenvalue weighted by Gasteiger charge is -1.86. The van der Waals surface area contributed by atoms with Gasteiger partial charge in [0, 0.05) is 24.8 Å². The molecule has 0 amide bonds. The zero-order valence-electron chi connectivity index (χ0n) is 7.38. The van der Waals surface area contributed by atoms with E-state index in [1.165, 1.54) is 0 Å². The summed E-state index contributed by atoms with van der Waals surface area (Å²) in [5.74, 6) is 0.720. The molecule has 0 saturated heterocycles. The number of hydrogen-bond acceptors (Lipinski definition) is 2. The molecule has 3 aromatic heterocycles. The Labute approximate surface area is 80.3 Å². The fraction of sp³-hybridized carbons (Fsp3) is 0. The van der Waals surface area contributed by atoms with Gasteiger partial charge in [0.25, 0.3) is 0 Å². The molecule has 3 rings (SSSR count). The summed E-state index contributed by atoms with van der Waals surface area (Å²) in [6, 6.07) is 5.82. The van der Waals surface area contributed by atoms with Crippen LogP contribution >= 0.6 is 0 Å². The largest absolute Gasteiger partial charge is 0.360 e. The van der Waals surface area contributed by atoms with Crippen molar-refractivity contribution < 1.29 is 0 Å². The van der Waals surface area contributed by atoms with Crippen molar-refractivity contribution in [2.24, 2.45) is 0 Å². The van der Waals surface area contributed by atoms with Gasteiger partial charge in [-0.2, -0.15) is 0 Å². The van der Waals surface area contributed by atoms with Crippen molar-refractivity contribution in [3.8, 4) is 11.4 Å². The number of fused-ring (bicyclic) bond motifs is 1. The van der Waals surface area contributed by atoms with Crippen LogP contribution in [0.4, 0.5) is 0 Å². The van der Waals surface area contributed by atoms with Gasteiger partial charge in [0.15, 0.2) is 0 Å². The van der Waals surface area contributed by atoms with E-state index in [0.717, 1.165) is 17.2 Å². The van der Waals surface area contributed by atoms with Crippen molar-refractivity contribution >= 4 is 5.78 Å². The Bertz CT molecular complexity index is 517. The number of nitrogens with one attached hydrogen (secondary N) is 1. The lowest BCUT2D eigenvalue weighted by Crippen LogP contribution is -1.82. The quantitative estimate of drug-likeness (QED) is 0.626. The first-order chi connectivity index (χ1) is 6.93. The molecule has 0 aliphatic carbocycles. The van der Waals surface area contributed by atoms with Gasteiger partial charge in [-0.05, 0) is 18.2 Å². The molecule has 3 aromatic rings. The highest BCUT2D eigenvalue weighted by molar-refractivity contribution is 5.56. The number of aromatic nitrogens is 4. The van der Waals surface area contributed by atoms with Crippen molar-refractivity contribution in [3.05, 3.63) is 43.0 Å². The van der Waals surface area contributed by atoms with Gasteiger partial charge in [-0.25, -0.2) is 9.97 Å². The lowest BCUT2D eigenvalue weighted by molar-refractivity contribution is 1.11. The molecule has 14 heavy (non-hydrogen) atoms. The van der Waals surface area contributed by atoms with Crippen LogP contribution in [0.1, 0.15) is 0 Å². The standard InChI is InChI=1S/C10H8N4/c1-3-8(11-4-1)9-7-14-6-2-5-12-10(14)13-9/h1-7,11H. The maximum Gasteiger partial charge on any atom is 0.234 e. The molecular weight excluding hydrogens is 176 g/mol. The molecule has 0 atom stereocenters. The van der Waals surface area contributed by atoms with E-state index in [1.807, 2.05) is 41.2 Å². The van der Waals surface area contributed by atoms with Gasteiger partial charge in [0.2, 0.25) is 5.78 Å². The second-order valence-electron chi connectivity index (χ2n) is 3.04. The predicted octanol–water partition coefficient (Wildman–Crippen LogP) is 1.72. The van der Waals surface area contributed by atoms with Crippen LogP contribution in [-0.4, -0.2) is 19.4 Å². The summed E-state index contributed by atoms with van der Waals surface area (Å²) in [6.45, 7) is 0. The zero-order valence-corrected chi connectivity index (χ0v) is 7.38. The third-order valence-corrected chi connectivity index (χ3v) is 2.11. The summed E-state index contributed by atoms with van der Waals surface area (Å²) in [7, 11) is 0. The van der Waals surface area contributed by atoms with Crippen LogP contribution in [0.15, 0.2) is 43.0 Å². The van der Waals surface area contributed by atoms with Crippen molar-refractivity contribution in [1.82, 2.24) is 19.4 Å². The molecule has 0 saturated carbocycles. The maximum atomic E-state index is 4.38. The Hall–Kier alpha value is -2.10. The van der Waals surface area contributed by atoms with E-state index in [1.54, 1.807) is 6.20 Å². The van der Waals surface area contributed by atoms with Gasteiger partial charge < -0.3 is 4.98 Å². The van der Waals surface area contributed by atoms with Gasteiger partial charge in [-0.1, -0.05) is 0 Å². The molecule has 0 bridgehead atoms. The van der Waals surface area contributed by atoms with E-state index in [-0.39, 0.29) is 0 Å². The Morgan fingerprint density at radius 3 is 3.07 bits per heavy atom. The van der Waals surface area contributed by atoms with Gasteiger partial charge >= 0.3 is 0 Å². The highest BCUT2D eigenvalue weighted by Crippen LogP contribution is 2.15. The van der Waals surface area contributed by atoms with Crippen molar-refractivity contribution in [2.75, 3.05) is 0 Å². The van der Waals surface area contributed by atoms with Gasteiger partial charge in [0.05, 0.1) is 5.69 Å². The first kappa shape index (κ1) is 7.32. The molecular formula is C10H8N4. The smallest absolute Gasteiger partial charge is 0.234 e. The van der Waals surface area contributed by atoms with Crippen LogP contribution in [0, 0.1) is 0 Å². The first-order valence-corrected chi connectivity index (χ1v) is 4.37. The number of aromatic amines is 1. The molecule has 0 radical (unpaired) electrons. The first-order valence-electron chi connectivity index (χ1n) is 4.37. The number of hydrogen-bond donors (Lipinski definition) is 1. The zero-order chi connectivity index (χ0) is 9.38. The Balaban J connectivity index is 2.24. The fourth-order valence-electron chi connectivity index (χ4n) is 1.45. The van der Waals surface area contributed by atoms with Crippen LogP contribution in [0.2, 0.25) is 0 Å². The number of rotatable bonds is 1. The lowest BCUT2D eigenvalue weighted by atomic mass is 10.3. The van der Waals surface area contributed by atoms with Gasteiger partial charge in [-0.15, -0.1) is 0 Å². The van der Waals surface area contributed by atoms with Crippen LogP contribution in [0.25, 0.3) is 17.2 Å². The molecule has 0 aliphatic rings. The summed E-state index contributed by atoms with van der Waals surface area (Å²) in [5, 5.41) is 0. The number of H-pyrrole nitrogens is 1. The minimum Gasteiger partial charge on any atom is -0.360 e. The molecule has 0 aliphatic heterocycles. The monoisotopic (exact) mass is 184 g/mol. The Morgan fingerprint density at radius 2 is 2.29 bits per heavy atom. The third-order valence-electron chi connectivity index (χ3n) is 2.11. The second-order valence-corrected chi connectivity index (χ2v) is 3.04. The van der Waals surface area contributed by atoms with E-state index >= 15 is 0 Å². The average Bonchev–Trinajstić information content (AvgIpc) is 2.86. The number of nitrogens with zero attached hydrogens (tertiary/aromatic N) is 3. The summed E-state index contributed by atoms with van der Waals surface area (Å²) < 4.78 is 1.90. The maximum absolute atomic E-state index is 4.38. The van der Waals surface area contributed by atoms with E-state index in [4.69, 9.17) is 0 Å². The van der Waals surface area contributed by atoms with Gasteiger partial charge in [0.1, 0.15) is 5.69 Å². The molecule has 3 heterocycles. The molecule has 0 fully saturated rings. The van der Waals surface area contributed by atoms with Crippen LogP contribution < -0.4 is 0 Å². The van der Waals surface area contributed by atoms with Crippen molar-refractivity contribution in [1.29, 1.82) is 0 Å². The summed E-state index contributed by atoms with van der Waals surface area (Å²) in [4.78, 5) is 11.6. The molecule has 4 heteroatoms. The Kier molecular flexibility index (Phi) is 1.41. The summed E-state index contributed by atoms with van der Waals surface area (Å²) in [5.41, 5.74) is 1.92. The Morgan fingerprint density at radius 1 is 1.29 bits per heavy atom. The summed E-state index contributed by atoms with van der Waals surface area (Å²) >= 11 is 0. The van der Waals surface area contributed by atoms with Crippen LogP contribution in [0.5, 0.6) is 0 Å². The highest BCUT2D eigenvalue weighted by atomic mass is 15.1. The molecule has 0 spiro atoms. The SMILES string of the molecule is c1c[nH]c(-c2cn3cccnc3n2)c1. The van der Waals surface area contributed by atoms with E-state index in [2.05, 4.69) is 15.0 Å². The molecule has 68 valence electrons. The van der Waals surface area contributed by atoms with E-state index in [0.29, 0.717) is 0 Å².